The average molecular weight is 259 g/mol. The summed E-state index contributed by atoms with van der Waals surface area (Å²) in [7, 11) is 0. The second-order valence-corrected chi connectivity index (χ2v) is 4.03. The fourth-order valence-corrected chi connectivity index (χ4v) is 1.95. The number of halogens is 3. The van der Waals surface area contributed by atoms with Gasteiger partial charge in [0.1, 0.15) is 5.82 Å². The van der Waals surface area contributed by atoms with Crippen LogP contribution < -0.4 is 4.90 Å². The van der Waals surface area contributed by atoms with Crippen LogP contribution >= 0.6 is 0 Å². The molecule has 1 fully saturated rings. The standard InChI is InChI=1S/C11H12F3N3O/c12-11(13,14)9-2-1-5-15-10(9)17-6-3-8(16-18)4-7-17/h1-2,5,18H,3-4,6-7H2. The van der Waals surface area contributed by atoms with Crippen LogP contribution in [0.25, 0.3) is 0 Å². The van der Waals surface area contributed by atoms with Crippen LogP contribution in [0.4, 0.5) is 19.0 Å². The van der Waals surface area contributed by atoms with Crippen molar-refractivity contribution in [3.63, 3.8) is 0 Å². The fourth-order valence-electron chi connectivity index (χ4n) is 1.95. The van der Waals surface area contributed by atoms with E-state index in [0.29, 0.717) is 31.6 Å². The highest BCUT2D eigenvalue weighted by Crippen LogP contribution is 2.35. The minimum Gasteiger partial charge on any atom is -0.411 e. The molecule has 4 nitrogen and oxygen atoms in total. The van der Waals surface area contributed by atoms with Crippen LogP contribution in [0.15, 0.2) is 23.5 Å². The first-order valence-electron chi connectivity index (χ1n) is 5.49. The smallest absolute Gasteiger partial charge is 0.411 e. The lowest BCUT2D eigenvalue weighted by molar-refractivity contribution is -0.137. The summed E-state index contributed by atoms with van der Waals surface area (Å²) >= 11 is 0. The summed E-state index contributed by atoms with van der Waals surface area (Å²) in [6, 6.07) is 2.30. The van der Waals surface area contributed by atoms with Gasteiger partial charge < -0.3 is 10.1 Å². The van der Waals surface area contributed by atoms with Crippen molar-refractivity contribution in [2.24, 2.45) is 5.16 Å². The molecule has 7 heteroatoms. The summed E-state index contributed by atoms with van der Waals surface area (Å²) in [5, 5.41) is 11.7. The van der Waals surface area contributed by atoms with E-state index in [-0.39, 0.29) is 5.82 Å². The zero-order valence-electron chi connectivity index (χ0n) is 9.48. The largest absolute Gasteiger partial charge is 0.419 e. The molecule has 0 aromatic carbocycles. The molecule has 1 aromatic rings. The Bertz CT molecular complexity index is 449. The minimum absolute atomic E-state index is 0.0537. The Morgan fingerprint density at radius 1 is 1.28 bits per heavy atom. The number of hydrogen-bond acceptors (Lipinski definition) is 4. The number of oxime groups is 1. The maximum atomic E-state index is 12.8. The monoisotopic (exact) mass is 259 g/mol. The summed E-state index contributed by atoms with van der Waals surface area (Å²) in [6.45, 7) is 0.749. The maximum Gasteiger partial charge on any atom is 0.419 e. The van der Waals surface area contributed by atoms with E-state index in [1.54, 1.807) is 4.90 Å². The van der Waals surface area contributed by atoms with Crippen molar-refractivity contribution in [1.82, 2.24) is 4.98 Å². The predicted octanol–water partition coefficient (Wildman–Crippen LogP) is 2.53. The Kier molecular flexibility index (Phi) is 3.40. The summed E-state index contributed by atoms with van der Waals surface area (Å²) < 4.78 is 38.4. The van der Waals surface area contributed by atoms with Gasteiger partial charge in [-0.1, -0.05) is 5.16 Å². The first kappa shape index (κ1) is 12.7. The van der Waals surface area contributed by atoms with E-state index in [4.69, 9.17) is 5.21 Å². The second-order valence-electron chi connectivity index (χ2n) is 4.03. The summed E-state index contributed by atoms with van der Waals surface area (Å²) in [5.74, 6) is -0.0537. The summed E-state index contributed by atoms with van der Waals surface area (Å²) in [6.07, 6.45) is -2.16. The molecule has 0 unspecified atom stereocenters. The number of alkyl halides is 3. The summed E-state index contributed by atoms with van der Waals surface area (Å²) in [5.41, 5.74) is -0.120. The highest BCUT2D eigenvalue weighted by molar-refractivity contribution is 5.86. The molecule has 0 radical (unpaired) electrons. The Labute approximate surface area is 102 Å². The first-order chi connectivity index (χ1) is 8.52. The van der Waals surface area contributed by atoms with Crippen LogP contribution in [0.2, 0.25) is 0 Å². The minimum atomic E-state index is -4.41. The molecule has 98 valence electrons. The molecule has 0 atom stereocenters. The van der Waals surface area contributed by atoms with Crippen molar-refractivity contribution in [1.29, 1.82) is 0 Å². The van der Waals surface area contributed by atoms with Gasteiger partial charge in [-0.3, -0.25) is 0 Å². The number of aromatic nitrogens is 1. The van der Waals surface area contributed by atoms with Crippen molar-refractivity contribution in [2.45, 2.75) is 19.0 Å². The number of pyridine rings is 1. The Morgan fingerprint density at radius 2 is 1.94 bits per heavy atom. The highest BCUT2D eigenvalue weighted by Gasteiger charge is 2.36. The van der Waals surface area contributed by atoms with E-state index in [1.165, 1.54) is 12.3 Å². The van der Waals surface area contributed by atoms with E-state index in [0.717, 1.165) is 6.07 Å². The van der Waals surface area contributed by atoms with Gasteiger partial charge in [-0.25, -0.2) is 4.98 Å². The zero-order valence-corrected chi connectivity index (χ0v) is 9.48. The van der Waals surface area contributed by atoms with E-state index >= 15 is 0 Å². The molecule has 1 aromatic heterocycles. The van der Waals surface area contributed by atoms with Crippen molar-refractivity contribution >= 4 is 11.5 Å². The molecule has 0 saturated carbocycles. The van der Waals surface area contributed by atoms with Gasteiger partial charge in [-0.15, -0.1) is 0 Å². The lowest BCUT2D eigenvalue weighted by Gasteiger charge is -2.30. The molecular weight excluding hydrogens is 247 g/mol. The number of nitrogens with zero attached hydrogens (tertiary/aromatic N) is 3. The first-order valence-corrected chi connectivity index (χ1v) is 5.49. The molecule has 1 saturated heterocycles. The quantitative estimate of drug-likeness (QED) is 0.622. The van der Waals surface area contributed by atoms with Crippen LogP contribution in [0.3, 0.4) is 0 Å². The van der Waals surface area contributed by atoms with Crippen molar-refractivity contribution in [3.8, 4) is 0 Å². The average Bonchev–Trinajstić information content (AvgIpc) is 2.38. The molecule has 0 aliphatic carbocycles. The maximum absolute atomic E-state index is 12.8. The van der Waals surface area contributed by atoms with Crippen LogP contribution in [0.5, 0.6) is 0 Å². The molecule has 2 heterocycles. The molecule has 0 amide bonds. The molecule has 1 N–H and O–H groups in total. The number of rotatable bonds is 1. The van der Waals surface area contributed by atoms with Gasteiger partial charge in [0.2, 0.25) is 0 Å². The Balaban J connectivity index is 2.24. The Hall–Kier alpha value is -1.79. The number of piperidine rings is 1. The fraction of sp³-hybridized carbons (Fsp3) is 0.455. The SMILES string of the molecule is ON=C1CCN(c2ncccc2C(F)(F)F)CC1. The molecule has 2 rings (SSSR count). The van der Waals surface area contributed by atoms with Crippen molar-refractivity contribution in [3.05, 3.63) is 23.9 Å². The molecular formula is C11H12F3N3O. The van der Waals surface area contributed by atoms with Gasteiger partial charge in [0.15, 0.2) is 0 Å². The van der Waals surface area contributed by atoms with Gasteiger partial charge in [0, 0.05) is 32.1 Å². The van der Waals surface area contributed by atoms with E-state index < -0.39 is 11.7 Å². The lowest BCUT2D eigenvalue weighted by atomic mass is 10.1. The number of anilines is 1. The molecule has 0 spiro atoms. The van der Waals surface area contributed by atoms with Gasteiger partial charge in [0.25, 0.3) is 0 Å². The van der Waals surface area contributed by atoms with Gasteiger partial charge in [-0.2, -0.15) is 13.2 Å². The second kappa shape index (κ2) is 4.83. The topological polar surface area (TPSA) is 48.7 Å². The predicted molar refractivity (Wildman–Crippen MR) is 59.9 cm³/mol. The molecule has 1 aliphatic heterocycles. The normalized spacial score (nSPS) is 16.8. The van der Waals surface area contributed by atoms with Crippen molar-refractivity contribution < 1.29 is 18.4 Å². The molecule has 1 aliphatic rings. The number of hydrogen-bond donors (Lipinski definition) is 1. The van der Waals surface area contributed by atoms with Crippen LogP contribution in [-0.2, 0) is 6.18 Å². The third kappa shape index (κ3) is 2.55. The zero-order chi connectivity index (χ0) is 13.2. The molecule has 0 bridgehead atoms. The molecule has 18 heavy (non-hydrogen) atoms. The van der Waals surface area contributed by atoms with E-state index in [1.807, 2.05) is 0 Å². The van der Waals surface area contributed by atoms with E-state index in [2.05, 4.69) is 10.1 Å². The van der Waals surface area contributed by atoms with Crippen molar-refractivity contribution in [2.75, 3.05) is 18.0 Å². The van der Waals surface area contributed by atoms with Crippen LogP contribution in [0, 0.1) is 0 Å². The van der Waals surface area contributed by atoms with Gasteiger partial charge in [0.05, 0.1) is 11.3 Å². The third-order valence-electron chi connectivity index (χ3n) is 2.87. The van der Waals surface area contributed by atoms with Gasteiger partial charge in [-0.05, 0) is 12.1 Å². The van der Waals surface area contributed by atoms with E-state index in [9.17, 15) is 13.2 Å². The highest BCUT2D eigenvalue weighted by atomic mass is 19.4. The van der Waals surface area contributed by atoms with Gasteiger partial charge >= 0.3 is 6.18 Å². The summed E-state index contributed by atoms with van der Waals surface area (Å²) in [4.78, 5) is 5.39. The Morgan fingerprint density at radius 3 is 2.50 bits per heavy atom. The van der Waals surface area contributed by atoms with Crippen LogP contribution in [0.1, 0.15) is 18.4 Å². The van der Waals surface area contributed by atoms with Crippen LogP contribution in [-0.4, -0.2) is 29.0 Å². The lowest BCUT2D eigenvalue weighted by Crippen LogP contribution is -2.35. The third-order valence-corrected chi connectivity index (χ3v) is 2.87.